The van der Waals surface area contributed by atoms with Gasteiger partial charge in [0.15, 0.2) is 0 Å². The van der Waals surface area contributed by atoms with E-state index in [4.69, 9.17) is 5.73 Å². The summed E-state index contributed by atoms with van der Waals surface area (Å²) in [6, 6.07) is 2.41. The number of halogens is 1. The lowest BCUT2D eigenvalue weighted by molar-refractivity contribution is -0.121. The van der Waals surface area contributed by atoms with E-state index in [1.807, 2.05) is 0 Å². The highest BCUT2D eigenvalue weighted by Gasteiger charge is 2.32. The fraction of sp³-hybridized carbons (Fsp3) is 0.643. The van der Waals surface area contributed by atoms with E-state index in [0.29, 0.717) is 18.5 Å². The van der Waals surface area contributed by atoms with E-state index in [-0.39, 0.29) is 23.6 Å². The maximum atomic E-state index is 12.5. The quantitative estimate of drug-likeness (QED) is 0.894. The predicted molar refractivity (Wildman–Crippen MR) is 88.8 cm³/mol. The molecule has 3 atom stereocenters. The summed E-state index contributed by atoms with van der Waals surface area (Å²) in [6.45, 7) is 0.687. The second-order valence-electron chi connectivity index (χ2n) is 5.34. The molecule has 0 spiro atoms. The normalized spacial score (nSPS) is 28.6. The molecule has 1 saturated carbocycles. The smallest absolute Gasteiger partial charge is 0.237 e. The summed E-state index contributed by atoms with van der Waals surface area (Å²) in [5.41, 5.74) is 7.02. The fourth-order valence-corrected chi connectivity index (χ4v) is 5.43. The molecule has 112 valence electrons. The van der Waals surface area contributed by atoms with Gasteiger partial charge in [0.05, 0.1) is 0 Å². The van der Waals surface area contributed by atoms with Crippen LogP contribution in [0.3, 0.4) is 0 Å². The van der Waals surface area contributed by atoms with E-state index in [9.17, 15) is 4.79 Å². The monoisotopic (exact) mass is 332 g/mol. The molecule has 2 aliphatic rings. The molecule has 1 fully saturated rings. The Bertz CT molecular complexity index is 466. The molecule has 0 aromatic carbocycles. The summed E-state index contributed by atoms with van der Waals surface area (Å²) in [5, 5.41) is 5.35. The molecule has 3 rings (SSSR count). The highest BCUT2D eigenvalue weighted by atomic mass is 35.5. The maximum absolute atomic E-state index is 12.5. The van der Waals surface area contributed by atoms with Crippen molar-refractivity contribution in [3.05, 3.63) is 21.9 Å². The van der Waals surface area contributed by atoms with Crippen LogP contribution >= 0.6 is 35.5 Å². The van der Waals surface area contributed by atoms with Crippen LogP contribution in [0.5, 0.6) is 0 Å². The topological polar surface area (TPSA) is 55.1 Å². The lowest BCUT2D eigenvalue weighted by Crippen LogP contribution is -2.42. The van der Waals surface area contributed by atoms with Gasteiger partial charge in [-0.3, -0.25) is 4.79 Å². The maximum Gasteiger partial charge on any atom is 0.237 e. The minimum atomic E-state index is -0.00553. The summed E-state index contributed by atoms with van der Waals surface area (Å²) >= 11 is 3.56. The second-order valence-corrected chi connectivity index (χ2v) is 7.56. The van der Waals surface area contributed by atoms with Gasteiger partial charge in [0.1, 0.15) is 5.25 Å². The molecule has 0 saturated heterocycles. The molecule has 6 heteroatoms. The van der Waals surface area contributed by atoms with E-state index < -0.39 is 0 Å². The van der Waals surface area contributed by atoms with Crippen molar-refractivity contribution in [2.24, 2.45) is 11.7 Å². The number of hydrogen-bond donors (Lipinski definition) is 2. The predicted octanol–water partition coefficient (Wildman–Crippen LogP) is 2.74. The number of thiophene rings is 1. The zero-order valence-corrected chi connectivity index (χ0v) is 13.8. The van der Waals surface area contributed by atoms with Crippen LogP contribution < -0.4 is 11.1 Å². The average molecular weight is 333 g/mol. The van der Waals surface area contributed by atoms with Gasteiger partial charge in [-0.15, -0.1) is 35.5 Å². The number of nitrogens with one attached hydrogen (secondary N) is 1. The number of amides is 1. The zero-order chi connectivity index (χ0) is 13.2. The molecule has 0 bridgehead atoms. The van der Waals surface area contributed by atoms with E-state index in [2.05, 4.69) is 16.8 Å². The van der Waals surface area contributed by atoms with Crippen molar-refractivity contribution in [2.45, 2.75) is 37.0 Å². The number of rotatable bonds is 3. The third-order valence-corrected chi connectivity index (χ3v) is 6.44. The first kappa shape index (κ1) is 16.1. The highest BCUT2D eigenvalue weighted by molar-refractivity contribution is 8.00. The van der Waals surface area contributed by atoms with Gasteiger partial charge in [0.25, 0.3) is 0 Å². The average Bonchev–Trinajstić information content (AvgIpc) is 3.05. The van der Waals surface area contributed by atoms with Crippen LogP contribution in [0.4, 0.5) is 0 Å². The Morgan fingerprint density at radius 1 is 1.45 bits per heavy atom. The molecule has 2 heterocycles. The van der Waals surface area contributed by atoms with Crippen molar-refractivity contribution in [1.29, 1.82) is 0 Å². The van der Waals surface area contributed by atoms with Gasteiger partial charge >= 0.3 is 0 Å². The van der Waals surface area contributed by atoms with Crippen molar-refractivity contribution >= 4 is 41.4 Å². The van der Waals surface area contributed by atoms with Crippen molar-refractivity contribution in [2.75, 3.05) is 12.3 Å². The number of carbonyl (C=O) groups excluding carboxylic acids is 1. The Morgan fingerprint density at radius 2 is 2.30 bits per heavy atom. The third-order valence-electron chi connectivity index (χ3n) is 4.20. The van der Waals surface area contributed by atoms with E-state index in [1.54, 1.807) is 23.1 Å². The first-order valence-corrected chi connectivity index (χ1v) is 8.90. The molecule has 1 aliphatic heterocycles. The number of thioether (sulfide) groups is 1. The van der Waals surface area contributed by atoms with E-state index in [0.717, 1.165) is 25.0 Å². The molecule has 3 unspecified atom stereocenters. The third kappa shape index (κ3) is 3.16. The summed E-state index contributed by atoms with van der Waals surface area (Å²) in [4.78, 5) is 13.9. The Labute approximate surface area is 134 Å². The van der Waals surface area contributed by atoms with Crippen molar-refractivity contribution in [3.63, 3.8) is 0 Å². The number of nitrogens with two attached hydrogens (primary N) is 1. The van der Waals surface area contributed by atoms with Gasteiger partial charge < -0.3 is 11.1 Å². The van der Waals surface area contributed by atoms with Crippen molar-refractivity contribution in [1.82, 2.24) is 5.32 Å². The zero-order valence-electron chi connectivity index (χ0n) is 11.3. The van der Waals surface area contributed by atoms with Crippen molar-refractivity contribution in [3.8, 4) is 0 Å². The molecule has 20 heavy (non-hydrogen) atoms. The number of carbonyl (C=O) groups is 1. The molecule has 1 aliphatic carbocycles. The van der Waals surface area contributed by atoms with Crippen LogP contribution in [0.25, 0.3) is 0 Å². The number of fused-ring (bicyclic) bond motifs is 1. The Kier molecular flexibility index (Phi) is 5.78. The van der Waals surface area contributed by atoms with E-state index in [1.165, 1.54) is 16.9 Å². The fourth-order valence-electron chi connectivity index (χ4n) is 3.13. The van der Waals surface area contributed by atoms with Crippen LogP contribution in [0.15, 0.2) is 11.4 Å². The first-order chi connectivity index (χ1) is 9.29. The van der Waals surface area contributed by atoms with Gasteiger partial charge in [-0.1, -0.05) is 6.42 Å². The van der Waals surface area contributed by atoms with Crippen LogP contribution in [-0.2, 0) is 11.2 Å². The van der Waals surface area contributed by atoms with Gasteiger partial charge in [-0.05, 0) is 54.5 Å². The summed E-state index contributed by atoms with van der Waals surface area (Å²) in [6.07, 6.45) is 4.54. The largest absolute Gasteiger partial charge is 0.352 e. The Balaban J connectivity index is 0.00000147. The van der Waals surface area contributed by atoms with E-state index >= 15 is 0 Å². The van der Waals surface area contributed by atoms with Crippen LogP contribution in [0, 0.1) is 5.92 Å². The number of aryl methyl sites for hydroxylation is 1. The lowest BCUT2D eigenvalue weighted by atomic mass is 10.0. The lowest BCUT2D eigenvalue weighted by Gasteiger charge is -2.25. The van der Waals surface area contributed by atoms with Gasteiger partial charge in [0.2, 0.25) is 5.91 Å². The van der Waals surface area contributed by atoms with Gasteiger partial charge in [-0.2, -0.15) is 0 Å². The molecule has 0 radical (unpaired) electrons. The second kappa shape index (κ2) is 7.16. The minimum absolute atomic E-state index is 0. The van der Waals surface area contributed by atoms with Crippen LogP contribution in [0.2, 0.25) is 0 Å². The molecule has 3 nitrogen and oxygen atoms in total. The van der Waals surface area contributed by atoms with Gasteiger partial charge in [0, 0.05) is 10.9 Å². The molecular formula is C14H21ClN2OS2. The first-order valence-electron chi connectivity index (χ1n) is 6.98. The highest BCUT2D eigenvalue weighted by Crippen LogP contribution is 2.39. The summed E-state index contributed by atoms with van der Waals surface area (Å²) in [5.74, 6) is 1.71. The van der Waals surface area contributed by atoms with Gasteiger partial charge in [-0.25, -0.2) is 0 Å². The minimum Gasteiger partial charge on any atom is -0.352 e. The molecule has 1 aromatic heterocycles. The summed E-state index contributed by atoms with van der Waals surface area (Å²) < 4.78 is 0. The molecule has 1 amide bonds. The Morgan fingerprint density at radius 3 is 3.10 bits per heavy atom. The van der Waals surface area contributed by atoms with Crippen LogP contribution in [-0.4, -0.2) is 24.2 Å². The SMILES string of the molecule is Cl.NCC1CCCC1NC(=O)C1SCCc2sccc21. The molecule has 3 N–H and O–H groups in total. The van der Waals surface area contributed by atoms with Crippen LogP contribution in [0.1, 0.15) is 35.0 Å². The number of hydrogen-bond acceptors (Lipinski definition) is 4. The summed E-state index contributed by atoms with van der Waals surface area (Å²) in [7, 11) is 0. The van der Waals surface area contributed by atoms with Crippen molar-refractivity contribution < 1.29 is 4.79 Å². The molecule has 1 aromatic rings. The molecular weight excluding hydrogens is 312 g/mol. The standard InChI is InChI=1S/C14H20N2OS2.ClH/c15-8-9-2-1-3-11(9)16-14(17)13-10-4-6-18-12(10)5-7-19-13;/h4,6,9,11,13H,1-3,5,7-8,15H2,(H,16,17);1H. The Hall–Kier alpha value is -0.230.